The zero-order valence-corrected chi connectivity index (χ0v) is 11.9. The molecule has 1 aliphatic heterocycles. The number of amides is 1. The second-order valence-corrected chi connectivity index (χ2v) is 5.61. The lowest BCUT2D eigenvalue weighted by atomic mass is 10.0. The maximum atomic E-state index is 12.2. The standard InChI is InChI=1S/C14H13N3O3S/c15-5-11(9-1-3-19-6-9)16-13(18)12-8-21-14(17-12)10-2-4-20-7-10/h2,4,7-9,11H,1,3,6H2,(H,16,18)/t9-,11-/m0/s1. The molecule has 1 saturated heterocycles. The van der Waals surface area contributed by atoms with E-state index in [1.54, 1.807) is 24.0 Å². The number of carbonyl (C=O) groups is 1. The Kier molecular flexibility index (Phi) is 3.99. The average Bonchev–Trinajstić information content (AvgIpc) is 3.26. The van der Waals surface area contributed by atoms with Gasteiger partial charge in [0, 0.05) is 23.5 Å². The molecule has 3 heterocycles. The van der Waals surface area contributed by atoms with Gasteiger partial charge < -0.3 is 14.5 Å². The number of furan rings is 1. The topological polar surface area (TPSA) is 88.2 Å². The molecular formula is C14H13N3O3S. The predicted octanol–water partition coefficient (Wildman–Crippen LogP) is 2.06. The van der Waals surface area contributed by atoms with Crippen LogP contribution in [0.25, 0.3) is 10.6 Å². The van der Waals surface area contributed by atoms with Gasteiger partial charge in [-0.3, -0.25) is 4.79 Å². The number of nitrogens with zero attached hydrogens (tertiary/aromatic N) is 2. The van der Waals surface area contributed by atoms with Gasteiger partial charge in [-0.1, -0.05) is 0 Å². The first-order valence-corrected chi connectivity index (χ1v) is 7.42. The predicted molar refractivity (Wildman–Crippen MR) is 75.6 cm³/mol. The number of carbonyl (C=O) groups excluding carboxylic acids is 1. The van der Waals surface area contributed by atoms with Crippen molar-refractivity contribution >= 4 is 17.2 Å². The van der Waals surface area contributed by atoms with Crippen molar-refractivity contribution in [2.75, 3.05) is 13.2 Å². The zero-order valence-electron chi connectivity index (χ0n) is 11.1. The van der Waals surface area contributed by atoms with E-state index in [-0.39, 0.29) is 11.8 Å². The molecule has 1 N–H and O–H groups in total. The molecule has 1 fully saturated rings. The van der Waals surface area contributed by atoms with Gasteiger partial charge in [-0.15, -0.1) is 11.3 Å². The highest BCUT2D eigenvalue weighted by Gasteiger charge is 2.27. The summed E-state index contributed by atoms with van der Waals surface area (Å²) in [4.78, 5) is 16.4. The molecule has 21 heavy (non-hydrogen) atoms. The van der Waals surface area contributed by atoms with Crippen LogP contribution in [0.3, 0.4) is 0 Å². The van der Waals surface area contributed by atoms with Crippen LogP contribution < -0.4 is 5.32 Å². The van der Waals surface area contributed by atoms with Crippen LogP contribution in [0.1, 0.15) is 16.9 Å². The number of rotatable bonds is 4. The first kappa shape index (κ1) is 13.8. The maximum Gasteiger partial charge on any atom is 0.271 e. The van der Waals surface area contributed by atoms with E-state index >= 15 is 0 Å². The summed E-state index contributed by atoms with van der Waals surface area (Å²) in [5, 5.41) is 14.3. The van der Waals surface area contributed by atoms with E-state index in [0.717, 1.165) is 12.0 Å². The van der Waals surface area contributed by atoms with Crippen molar-refractivity contribution in [3.8, 4) is 16.6 Å². The molecule has 1 amide bonds. The van der Waals surface area contributed by atoms with E-state index in [2.05, 4.69) is 16.4 Å². The fourth-order valence-electron chi connectivity index (χ4n) is 2.18. The largest absolute Gasteiger partial charge is 0.472 e. The number of nitriles is 1. The van der Waals surface area contributed by atoms with Gasteiger partial charge >= 0.3 is 0 Å². The van der Waals surface area contributed by atoms with Crippen LogP contribution >= 0.6 is 11.3 Å². The molecule has 108 valence electrons. The number of aromatic nitrogens is 1. The van der Waals surface area contributed by atoms with Gasteiger partial charge in [0.2, 0.25) is 0 Å². The van der Waals surface area contributed by atoms with Crippen molar-refractivity contribution in [1.82, 2.24) is 10.3 Å². The summed E-state index contributed by atoms with van der Waals surface area (Å²) < 4.78 is 10.3. The van der Waals surface area contributed by atoms with E-state index < -0.39 is 6.04 Å². The highest BCUT2D eigenvalue weighted by Crippen LogP contribution is 2.24. The van der Waals surface area contributed by atoms with Gasteiger partial charge in [0.15, 0.2) is 0 Å². The SMILES string of the molecule is N#C[C@H](NC(=O)c1csc(-c2ccoc2)n1)[C@H]1CCOC1. The minimum absolute atomic E-state index is 0.0472. The molecule has 0 spiro atoms. The van der Waals surface area contributed by atoms with E-state index in [1.165, 1.54) is 11.3 Å². The van der Waals surface area contributed by atoms with Gasteiger partial charge in [-0.2, -0.15) is 5.26 Å². The average molecular weight is 303 g/mol. The van der Waals surface area contributed by atoms with Crippen molar-refractivity contribution in [2.24, 2.45) is 5.92 Å². The van der Waals surface area contributed by atoms with Crippen LogP contribution in [0, 0.1) is 17.2 Å². The van der Waals surface area contributed by atoms with Crippen molar-refractivity contribution in [2.45, 2.75) is 12.5 Å². The zero-order chi connectivity index (χ0) is 14.7. The number of ether oxygens (including phenoxy) is 1. The lowest BCUT2D eigenvalue weighted by Crippen LogP contribution is -2.39. The lowest BCUT2D eigenvalue weighted by molar-refractivity contribution is 0.0927. The summed E-state index contributed by atoms with van der Waals surface area (Å²) in [6, 6.07) is 3.37. The fourth-order valence-corrected chi connectivity index (χ4v) is 2.97. The molecule has 0 aromatic carbocycles. The minimum Gasteiger partial charge on any atom is -0.472 e. The Balaban J connectivity index is 1.69. The molecule has 0 unspecified atom stereocenters. The Morgan fingerprint density at radius 3 is 3.19 bits per heavy atom. The third kappa shape index (κ3) is 2.96. The van der Waals surface area contributed by atoms with E-state index in [4.69, 9.17) is 9.15 Å². The normalized spacial score (nSPS) is 19.1. The molecule has 0 saturated carbocycles. The Labute approximate surface area is 125 Å². The Bertz CT molecular complexity index is 653. The molecule has 2 aromatic rings. The highest BCUT2D eigenvalue weighted by molar-refractivity contribution is 7.13. The van der Waals surface area contributed by atoms with Crippen LogP contribution in [-0.2, 0) is 4.74 Å². The Morgan fingerprint density at radius 1 is 1.62 bits per heavy atom. The van der Waals surface area contributed by atoms with E-state index in [9.17, 15) is 10.1 Å². The summed E-state index contributed by atoms with van der Waals surface area (Å²) in [6.07, 6.45) is 3.92. The summed E-state index contributed by atoms with van der Waals surface area (Å²) in [7, 11) is 0. The van der Waals surface area contributed by atoms with Crippen molar-refractivity contribution < 1.29 is 13.9 Å². The quantitative estimate of drug-likeness (QED) is 0.934. The highest BCUT2D eigenvalue weighted by atomic mass is 32.1. The molecule has 1 aliphatic rings. The molecule has 0 aliphatic carbocycles. The molecule has 2 aromatic heterocycles. The van der Waals surface area contributed by atoms with Gasteiger partial charge in [-0.25, -0.2) is 4.98 Å². The van der Waals surface area contributed by atoms with Crippen LogP contribution in [0.5, 0.6) is 0 Å². The fraction of sp³-hybridized carbons (Fsp3) is 0.357. The van der Waals surface area contributed by atoms with Gasteiger partial charge in [0.05, 0.1) is 18.9 Å². The molecule has 0 radical (unpaired) electrons. The number of hydrogen-bond acceptors (Lipinski definition) is 6. The maximum absolute atomic E-state index is 12.2. The first-order valence-electron chi connectivity index (χ1n) is 6.54. The second kappa shape index (κ2) is 6.08. The number of nitrogens with one attached hydrogen (secondary N) is 1. The monoisotopic (exact) mass is 303 g/mol. The second-order valence-electron chi connectivity index (χ2n) is 4.75. The lowest BCUT2D eigenvalue weighted by Gasteiger charge is -2.15. The van der Waals surface area contributed by atoms with E-state index in [1.807, 2.05) is 0 Å². The minimum atomic E-state index is -0.543. The van der Waals surface area contributed by atoms with Gasteiger partial charge in [0.1, 0.15) is 23.0 Å². The molecule has 3 rings (SSSR count). The summed E-state index contributed by atoms with van der Waals surface area (Å²) >= 11 is 1.36. The van der Waals surface area contributed by atoms with Gasteiger partial charge in [0.25, 0.3) is 5.91 Å². The molecule has 7 heteroatoms. The van der Waals surface area contributed by atoms with Crippen LogP contribution in [-0.4, -0.2) is 30.1 Å². The third-order valence-corrected chi connectivity index (χ3v) is 4.26. The number of hydrogen-bond donors (Lipinski definition) is 1. The molecular weight excluding hydrogens is 290 g/mol. The van der Waals surface area contributed by atoms with Crippen molar-refractivity contribution in [3.05, 3.63) is 29.7 Å². The molecule has 0 bridgehead atoms. The number of thiazole rings is 1. The van der Waals surface area contributed by atoms with E-state index in [0.29, 0.717) is 23.9 Å². The van der Waals surface area contributed by atoms with Crippen LogP contribution in [0.4, 0.5) is 0 Å². The third-order valence-electron chi connectivity index (χ3n) is 3.37. The molecule has 2 atom stereocenters. The Morgan fingerprint density at radius 2 is 2.52 bits per heavy atom. The van der Waals surface area contributed by atoms with Crippen molar-refractivity contribution in [3.63, 3.8) is 0 Å². The molecule has 6 nitrogen and oxygen atoms in total. The summed E-state index contributed by atoms with van der Waals surface area (Å²) in [5.41, 5.74) is 1.15. The van der Waals surface area contributed by atoms with Gasteiger partial charge in [-0.05, 0) is 12.5 Å². The van der Waals surface area contributed by atoms with Crippen LogP contribution in [0.2, 0.25) is 0 Å². The summed E-state index contributed by atoms with van der Waals surface area (Å²) in [5.74, 6) is -0.287. The smallest absolute Gasteiger partial charge is 0.271 e. The Hall–Kier alpha value is -2.17. The first-order chi connectivity index (χ1) is 10.3. The summed E-state index contributed by atoms with van der Waals surface area (Å²) in [6.45, 7) is 1.15. The van der Waals surface area contributed by atoms with Crippen molar-refractivity contribution in [1.29, 1.82) is 5.26 Å². The van der Waals surface area contributed by atoms with Crippen LogP contribution in [0.15, 0.2) is 28.4 Å².